The van der Waals surface area contributed by atoms with Gasteiger partial charge < -0.3 is 4.57 Å². The maximum atomic E-state index is 4.65. The fraction of sp³-hybridized carbons (Fsp3) is 0.500. The van der Waals surface area contributed by atoms with Gasteiger partial charge in [-0.15, -0.1) is 0 Å². The van der Waals surface area contributed by atoms with E-state index in [2.05, 4.69) is 39.4 Å². The second kappa shape index (κ2) is 5.76. The van der Waals surface area contributed by atoms with Crippen LogP contribution in [0, 0.1) is 0 Å². The van der Waals surface area contributed by atoms with E-state index in [1.165, 1.54) is 5.57 Å². The molecule has 0 saturated carbocycles. The number of aromatic nitrogens is 4. The van der Waals surface area contributed by atoms with Crippen molar-refractivity contribution in [3.63, 3.8) is 0 Å². The predicted molar refractivity (Wildman–Crippen MR) is 74.1 cm³/mol. The van der Waals surface area contributed by atoms with Gasteiger partial charge in [0, 0.05) is 7.05 Å². The highest BCUT2D eigenvalue weighted by atomic mass is 15.1. The van der Waals surface area contributed by atoms with Gasteiger partial charge in [-0.25, -0.2) is 15.0 Å². The van der Waals surface area contributed by atoms with Crippen LogP contribution in [0.1, 0.15) is 45.4 Å². The normalized spacial score (nSPS) is 12.3. The van der Waals surface area contributed by atoms with Gasteiger partial charge in [0.25, 0.3) is 0 Å². The Morgan fingerprint density at radius 3 is 2.83 bits per heavy atom. The van der Waals surface area contributed by atoms with E-state index in [0.717, 1.165) is 42.7 Å². The molecule has 0 aliphatic heterocycles. The van der Waals surface area contributed by atoms with Gasteiger partial charge >= 0.3 is 0 Å². The minimum atomic E-state index is 0.869. The molecule has 2 heterocycles. The number of imidazole rings is 1. The number of allylic oxidation sites excluding steroid dienone is 2. The molecule has 0 fully saturated rings. The molecule has 0 atom stereocenters. The molecule has 0 aliphatic rings. The summed E-state index contributed by atoms with van der Waals surface area (Å²) in [6.45, 7) is 4.39. The smallest absolute Gasteiger partial charge is 0.163 e. The highest BCUT2D eigenvalue weighted by Crippen LogP contribution is 2.22. The Morgan fingerprint density at radius 2 is 2.17 bits per heavy atom. The lowest BCUT2D eigenvalue weighted by atomic mass is 10.1. The van der Waals surface area contributed by atoms with Crippen molar-refractivity contribution < 1.29 is 0 Å². The minimum absolute atomic E-state index is 0.869. The van der Waals surface area contributed by atoms with E-state index in [-0.39, 0.29) is 0 Å². The summed E-state index contributed by atoms with van der Waals surface area (Å²) in [5, 5.41) is 0. The first-order valence-electron chi connectivity index (χ1n) is 6.59. The highest BCUT2D eigenvalue weighted by Gasteiger charge is 2.12. The lowest BCUT2D eigenvalue weighted by Crippen LogP contribution is -1.98. The van der Waals surface area contributed by atoms with Crippen molar-refractivity contribution in [3.05, 3.63) is 24.4 Å². The van der Waals surface area contributed by atoms with Crippen LogP contribution in [-0.4, -0.2) is 19.5 Å². The topological polar surface area (TPSA) is 43.6 Å². The summed E-state index contributed by atoms with van der Waals surface area (Å²) < 4.78 is 2.06. The van der Waals surface area contributed by atoms with Crippen LogP contribution in [0.2, 0.25) is 0 Å². The van der Waals surface area contributed by atoms with Crippen molar-refractivity contribution >= 4 is 16.7 Å². The molecule has 0 aliphatic carbocycles. The first-order chi connectivity index (χ1) is 8.77. The average molecular weight is 244 g/mol. The first kappa shape index (κ1) is 12.7. The highest BCUT2D eigenvalue weighted by molar-refractivity contribution is 5.75. The number of unbranched alkanes of at least 4 members (excludes halogenated alkanes) is 1. The fourth-order valence-corrected chi connectivity index (χ4v) is 2.12. The Kier molecular flexibility index (Phi) is 4.07. The van der Waals surface area contributed by atoms with E-state index in [1.807, 2.05) is 7.05 Å². The summed E-state index contributed by atoms with van der Waals surface area (Å²) in [7, 11) is 2.02. The Morgan fingerprint density at radius 1 is 1.33 bits per heavy atom. The van der Waals surface area contributed by atoms with Crippen LogP contribution in [0.15, 0.2) is 18.6 Å². The van der Waals surface area contributed by atoms with Crippen molar-refractivity contribution in [2.75, 3.05) is 0 Å². The molecule has 96 valence electrons. The summed E-state index contributed by atoms with van der Waals surface area (Å²) in [6, 6.07) is 0. The molecular formula is C14H20N4. The predicted octanol–water partition coefficient (Wildman–Crippen LogP) is 3.35. The summed E-state index contributed by atoms with van der Waals surface area (Å²) in [5.74, 6) is 1.03. The van der Waals surface area contributed by atoms with Gasteiger partial charge in [0.05, 0.1) is 6.20 Å². The molecule has 2 rings (SSSR count). The SMILES string of the molecule is CCC/C=C(\CCC)c1nc2cncnc2n1C. The molecule has 0 unspecified atom stereocenters. The molecule has 0 spiro atoms. The maximum Gasteiger partial charge on any atom is 0.163 e. The van der Waals surface area contributed by atoms with Crippen LogP contribution >= 0.6 is 0 Å². The third-order valence-corrected chi connectivity index (χ3v) is 3.02. The molecule has 2 aromatic rings. The molecule has 0 saturated heterocycles. The van der Waals surface area contributed by atoms with Crippen molar-refractivity contribution in [1.29, 1.82) is 0 Å². The van der Waals surface area contributed by atoms with E-state index in [0.29, 0.717) is 0 Å². The second-order valence-corrected chi connectivity index (χ2v) is 4.49. The number of hydrogen-bond acceptors (Lipinski definition) is 3. The van der Waals surface area contributed by atoms with Crippen LogP contribution in [0.5, 0.6) is 0 Å². The molecule has 0 radical (unpaired) electrons. The Bertz CT molecular complexity index is 554. The lowest BCUT2D eigenvalue weighted by molar-refractivity contribution is 0.866. The first-order valence-corrected chi connectivity index (χ1v) is 6.59. The third kappa shape index (κ3) is 2.42. The minimum Gasteiger partial charge on any atom is -0.312 e. The van der Waals surface area contributed by atoms with Gasteiger partial charge in [-0.1, -0.05) is 32.8 Å². The zero-order valence-electron chi connectivity index (χ0n) is 11.3. The van der Waals surface area contributed by atoms with Crippen LogP contribution < -0.4 is 0 Å². The van der Waals surface area contributed by atoms with Crippen molar-refractivity contribution in [2.24, 2.45) is 7.05 Å². The van der Waals surface area contributed by atoms with Gasteiger partial charge in [-0.05, 0) is 18.4 Å². The van der Waals surface area contributed by atoms with Gasteiger partial charge in [-0.3, -0.25) is 0 Å². The quantitative estimate of drug-likeness (QED) is 0.810. The van der Waals surface area contributed by atoms with E-state index in [1.54, 1.807) is 12.5 Å². The zero-order valence-corrected chi connectivity index (χ0v) is 11.3. The fourth-order valence-electron chi connectivity index (χ4n) is 2.12. The molecule has 0 aromatic carbocycles. The largest absolute Gasteiger partial charge is 0.312 e. The second-order valence-electron chi connectivity index (χ2n) is 4.49. The molecule has 2 aromatic heterocycles. The van der Waals surface area contributed by atoms with E-state index in [9.17, 15) is 0 Å². The molecule has 4 nitrogen and oxygen atoms in total. The molecule has 0 bridgehead atoms. The Hall–Kier alpha value is -1.71. The summed E-state index contributed by atoms with van der Waals surface area (Å²) >= 11 is 0. The molecule has 18 heavy (non-hydrogen) atoms. The number of rotatable bonds is 5. The number of nitrogens with zero attached hydrogens (tertiary/aromatic N) is 4. The molecule has 0 amide bonds. The number of fused-ring (bicyclic) bond motifs is 1. The third-order valence-electron chi connectivity index (χ3n) is 3.02. The van der Waals surface area contributed by atoms with Crippen molar-refractivity contribution in [3.8, 4) is 0 Å². The number of aryl methyl sites for hydroxylation is 1. The van der Waals surface area contributed by atoms with Gasteiger partial charge in [0.2, 0.25) is 0 Å². The summed E-state index contributed by atoms with van der Waals surface area (Å²) in [6.07, 6.45) is 10.1. The zero-order chi connectivity index (χ0) is 13.0. The average Bonchev–Trinajstić information content (AvgIpc) is 2.73. The Balaban J connectivity index is 2.47. The maximum absolute atomic E-state index is 4.65. The van der Waals surface area contributed by atoms with Gasteiger partial charge in [0.1, 0.15) is 17.7 Å². The summed E-state index contributed by atoms with van der Waals surface area (Å²) in [4.78, 5) is 13.0. The molecular weight excluding hydrogens is 224 g/mol. The summed E-state index contributed by atoms with van der Waals surface area (Å²) in [5.41, 5.74) is 3.09. The van der Waals surface area contributed by atoms with Gasteiger partial charge in [-0.2, -0.15) is 0 Å². The van der Waals surface area contributed by atoms with Crippen LogP contribution in [-0.2, 0) is 7.05 Å². The van der Waals surface area contributed by atoms with E-state index >= 15 is 0 Å². The van der Waals surface area contributed by atoms with Crippen molar-refractivity contribution in [2.45, 2.75) is 39.5 Å². The van der Waals surface area contributed by atoms with Crippen LogP contribution in [0.4, 0.5) is 0 Å². The number of hydrogen-bond donors (Lipinski definition) is 0. The van der Waals surface area contributed by atoms with Crippen molar-refractivity contribution in [1.82, 2.24) is 19.5 Å². The van der Waals surface area contributed by atoms with E-state index < -0.39 is 0 Å². The monoisotopic (exact) mass is 244 g/mol. The van der Waals surface area contributed by atoms with Crippen LogP contribution in [0.25, 0.3) is 16.7 Å². The molecule has 0 N–H and O–H groups in total. The van der Waals surface area contributed by atoms with E-state index in [4.69, 9.17) is 0 Å². The lowest BCUT2D eigenvalue weighted by Gasteiger charge is -2.06. The molecule has 4 heteroatoms. The van der Waals surface area contributed by atoms with Crippen LogP contribution in [0.3, 0.4) is 0 Å². The van der Waals surface area contributed by atoms with Gasteiger partial charge in [0.15, 0.2) is 5.65 Å². The Labute approximate surface area is 108 Å². The standard InChI is InChI=1S/C14H20N4/c1-4-6-8-11(7-5-2)13-17-12-9-15-10-16-14(12)18(13)3/h8-10H,4-7H2,1-3H3/b11-8+.